The first-order valence-corrected chi connectivity index (χ1v) is 4.38. The monoisotopic (exact) mass is 225 g/mol. The third-order valence-electron chi connectivity index (χ3n) is 1.92. The number of amides is 1. The average molecular weight is 225 g/mol. The Morgan fingerprint density at radius 1 is 1.62 bits per heavy atom. The van der Waals surface area contributed by atoms with Crippen molar-refractivity contribution in [2.24, 2.45) is 5.10 Å². The Balaban J connectivity index is 2.14. The van der Waals surface area contributed by atoms with Gasteiger partial charge in [-0.2, -0.15) is 10.1 Å². The number of furan rings is 1. The van der Waals surface area contributed by atoms with Crippen LogP contribution in [0.25, 0.3) is 0 Å². The van der Waals surface area contributed by atoms with Crippen LogP contribution < -0.4 is 0 Å². The van der Waals surface area contributed by atoms with Crippen molar-refractivity contribution in [2.75, 3.05) is 13.2 Å². The zero-order valence-electron chi connectivity index (χ0n) is 8.03. The summed E-state index contributed by atoms with van der Waals surface area (Å²) >= 11 is 0. The molecule has 0 unspecified atom stereocenters. The fourth-order valence-corrected chi connectivity index (χ4v) is 1.17. The van der Waals surface area contributed by atoms with Crippen LogP contribution in [0.5, 0.6) is 0 Å². The van der Waals surface area contributed by atoms with Crippen molar-refractivity contribution < 1.29 is 18.9 Å². The molecule has 1 saturated heterocycles. The number of cyclic esters (lactones) is 1. The smallest absolute Gasteiger partial charge is 0.430 e. The Morgan fingerprint density at radius 3 is 3.06 bits per heavy atom. The molecule has 1 fully saturated rings. The molecule has 2 heterocycles. The molecule has 84 valence electrons. The lowest BCUT2D eigenvalue weighted by Gasteiger charge is -2.01. The van der Waals surface area contributed by atoms with Crippen molar-refractivity contribution in [3.05, 3.63) is 28.2 Å². The lowest BCUT2D eigenvalue weighted by molar-refractivity contribution is -0.385. The van der Waals surface area contributed by atoms with Gasteiger partial charge in [-0.05, 0) is 0 Å². The predicted octanol–water partition coefficient (Wildman–Crippen LogP) is 0.974. The summed E-state index contributed by atoms with van der Waals surface area (Å²) in [4.78, 5) is 20.9. The highest BCUT2D eigenvalue weighted by atomic mass is 16.6. The number of rotatable bonds is 3. The average Bonchev–Trinajstić information content (AvgIpc) is 2.83. The van der Waals surface area contributed by atoms with Gasteiger partial charge in [-0.1, -0.05) is 0 Å². The molecule has 0 aliphatic carbocycles. The lowest BCUT2D eigenvalue weighted by atomic mass is 10.4. The number of nitrogens with zero attached hydrogens (tertiary/aromatic N) is 3. The van der Waals surface area contributed by atoms with Crippen molar-refractivity contribution in [1.29, 1.82) is 0 Å². The van der Waals surface area contributed by atoms with E-state index in [0.717, 1.165) is 11.2 Å². The molecule has 0 N–H and O–H groups in total. The Labute approximate surface area is 89.2 Å². The van der Waals surface area contributed by atoms with E-state index in [0.29, 0.717) is 6.54 Å². The number of carbonyl (C=O) groups excluding carboxylic acids is 1. The Hall–Kier alpha value is -2.38. The second-order valence-electron chi connectivity index (χ2n) is 2.91. The lowest BCUT2D eigenvalue weighted by Crippen LogP contribution is -2.17. The van der Waals surface area contributed by atoms with Crippen molar-refractivity contribution in [2.45, 2.75) is 0 Å². The van der Waals surface area contributed by atoms with Crippen LogP contribution in [-0.2, 0) is 4.74 Å². The minimum Gasteiger partial charge on any atom is -0.456 e. The summed E-state index contributed by atoms with van der Waals surface area (Å²) < 4.78 is 9.47. The molecule has 0 saturated carbocycles. The van der Waals surface area contributed by atoms with Crippen LogP contribution in [0.15, 0.2) is 21.8 Å². The highest BCUT2D eigenvalue weighted by Gasteiger charge is 2.22. The fraction of sp³-hybridized carbons (Fsp3) is 0.250. The molecule has 1 aliphatic rings. The minimum atomic E-state index is -0.590. The predicted molar refractivity (Wildman–Crippen MR) is 51.0 cm³/mol. The summed E-state index contributed by atoms with van der Waals surface area (Å²) in [5.41, 5.74) is -0.198. The van der Waals surface area contributed by atoms with Gasteiger partial charge in [0, 0.05) is 0 Å². The summed E-state index contributed by atoms with van der Waals surface area (Å²) in [6.45, 7) is 0.584. The van der Waals surface area contributed by atoms with Gasteiger partial charge in [0.1, 0.15) is 6.61 Å². The van der Waals surface area contributed by atoms with Gasteiger partial charge in [-0.3, -0.25) is 10.1 Å². The van der Waals surface area contributed by atoms with E-state index in [1.807, 2.05) is 0 Å². The first-order chi connectivity index (χ1) is 7.68. The molecule has 8 heteroatoms. The first-order valence-electron chi connectivity index (χ1n) is 4.38. The van der Waals surface area contributed by atoms with Crippen molar-refractivity contribution >= 4 is 18.0 Å². The van der Waals surface area contributed by atoms with Gasteiger partial charge >= 0.3 is 11.8 Å². The Kier molecular flexibility index (Phi) is 2.54. The first kappa shape index (κ1) is 10.1. The molecule has 0 bridgehead atoms. The largest absolute Gasteiger partial charge is 0.456 e. The molecular weight excluding hydrogens is 218 g/mol. The minimum absolute atomic E-state index is 0.00954. The quantitative estimate of drug-likeness (QED) is 0.433. The van der Waals surface area contributed by atoms with E-state index in [9.17, 15) is 14.9 Å². The third kappa shape index (κ3) is 1.85. The van der Waals surface area contributed by atoms with Crippen molar-refractivity contribution in [3.8, 4) is 0 Å². The van der Waals surface area contributed by atoms with Crippen LogP contribution in [0.2, 0.25) is 0 Å². The summed E-state index contributed by atoms with van der Waals surface area (Å²) in [5.74, 6) is -0.00954. The SMILES string of the molecule is O=C1OCCN1N=Cc1occc1[N+](=O)[O-]. The molecule has 0 spiro atoms. The van der Waals surface area contributed by atoms with Gasteiger partial charge in [0.15, 0.2) is 0 Å². The second-order valence-corrected chi connectivity index (χ2v) is 2.91. The third-order valence-corrected chi connectivity index (χ3v) is 1.92. The number of ether oxygens (including phenoxy) is 1. The zero-order chi connectivity index (χ0) is 11.5. The topological polar surface area (TPSA) is 98.2 Å². The molecule has 16 heavy (non-hydrogen) atoms. The molecule has 1 aliphatic heterocycles. The standard InChI is InChI=1S/C8H7N3O5/c12-8-10(2-4-16-8)9-5-7-6(11(13)14)1-3-15-7/h1,3,5H,2,4H2. The van der Waals surface area contributed by atoms with Crippen LogP contribution >= 0.6 is 0 Å². The van der Waals surface area contributed by atoms with Gasteiger partial charge in [-0.15, -0.1) is 0 Å². The van der Waals surface area contributed by atoms with Gasteiger partial charge in [0.05, 0.1) is 30.0 Å². The van der Waals surface area contributed by atoms with Crippen molar-refractivity contribution in [1.82, 2.24) is 5.01 Å². The molecule has 1 aromatic rings. The maximum atomic E-state index is 11.0. The highest BCUT2D eigenvalue weighted by molar-refractivity contribution is 5.82. The van der Waals surface area contributed by atoms with E-state index in [1.165, 1.54) is 12.3 Å². The summed E-state index contributed by atoms with van der Waals surface area (Å²) in [6.07, 6.45) is 1.72. The van der Waals surface area contributed by atoms with E-state index >= 15 is 0 Å². The Bertz CT molecular complexity index is 452. The molecule has 1 aromatic heterocycles. The van der Waals surface area contributed by atoms with Crippen LogP contribution in [0.1, 0.15) is 5.76 Å². The molecule has 8 nitrogen and oxygen atoms in total. The number of nitro groups is 1. The van der Waals surface area contributed by atoms with E-state index in [2.05, 4.69) is 9.84 Å². The molecule has 0 aromatic carbocycles. The number of hydrogen-bond donors (Lipinski definition) is 0. The summed E-state index contributed by atoms with van der Waals surface area (Å²) in [5, 5.41) is 15.3. The van der Waals surface area contributed by atoms with Crippen LogP contribution in [-0.4, -0.2) is 35.4 Å². The van der Waals surface area contributed by atoms with E-state index in [4.69, 9.17) is 4.42 Å². The van der Waals surface area contributed by atoms with Crippen LogP contribution in [0.3, 0.4) is 0 Å². The number of hydrogen-bond acceptors (Lipinski definition) is 6. The van der Waals surface area contributed by atoms with Gasteiger partial charge in [0.25, 0.3) is 0 Å². The summed E-state index contributed by atoms with van der Waals surface area (Å²) in [7, 11) is 0. The second kappa shape index (κ2) is 4.01. The van der Waals surface area contributed by atoms with Gasteiger partial charge < -0.3 is 9.15 Å². The normalized spacial score (nSPS) is 15.8. The van der Waals surface area contributed by atoms with Gasteiger partial charge in [-0.25, -0.2) is 4.79 Å². The summed E-state index contributed by atoms with van der Waals surface area (Å²) in [6, 6.07) is 1.21. The zero-order valence-corrected chi connectivity index (χ0v) is 8.03. The molecule has 0 atom stereocenters. The maximum absolute atomic E-state index is 11.0. The van der Waals surface area contributed by atoms with Crippen LogP contribution in [0, 0.1) is 10.1 Å². The maximum Gasteiger partial charge on any atom is 0.430 e. The van der Waals surface area contributed by atoms with E-state index in [1.54, 1.807) is 0 Å². The molecular formula is C8H7N3O5. The Morgan fingerprint density at radius 2 is 2.44 bits per heavy atom. The molecule has 2 rings (SSSR count). The van der Waals surface area contributed by atoms with E-state index < -0.39 is 11.0 Å². The van der Waals surface area contributed by atoms with Crippen molar-refractivity contribution in [3.63, 3.8) is 0 Å². The molecule has 0 radical (unpaired) electrons. The fourth-order valence-electron chi connectivity index (χ4n) is 1.17. The van der Waals surface area contributed by atoms with Gasteiger partial charge in [0.2, 0.25) is 5.76 Å². The van der Waals surface area contributed by atoms with E-state index in [-0.39, 0.29) is 18.1 Å². The number of carbonyl (C=O) groups is 1. The van der Waals surface area contributed by atoms with Crippen LogP contribution in [0.4, 0.5) is 10.5 Å². The highest BCUT2D eigenvalue weighted by Crippen LogP contribution is 2.17. The molecule has 1 amide bonds. The number of hydrazone groups is 1.